The minimum absolute atomic E-state index is 0.0649. The van der Waals surface area contributed by atoms with Crippen LogP contribution in [0.5, 0.6) is 5.75 Å². The second-order valence-electron chi connectivity index (χ2n) is 7.13. The van der Waals surface area contributed by atoms with Gasteiger partial charge in [0, 0.05) is 17.8 Å². The van der Waals surface area contributed by atoms with Crippen molar-refractivity contribution in [3.63, 3.8) is 0 Å². The number of rotatable bonds is 5. The Morgan fingerprint density at radius 2 is 1.87 bits per heavy atom. The van der Waals surface area contributed by atoms with Crippen molar-refractivity contribution in [3.8, 4) is 17.2 Å². The summed E-state index contributed by atoms with van der Waals surface area (Å²) in [5.74, 6) is -2.10. The topological polar surface area (TPSA) is 76.4 Å². The molecule has 1 aliphatic rings. The van der Waals surface area contributed by atoms with E-state index in [1.54, 1.807) is 54.6 Å². The van der Waals surface area contributed by atoms with Gasteiger partial charge in [-0.1, -0.05) is 18.2 Å². The SMILES string of the molecule is O=C(Nc1ccc(OC2CCCNC2)cc1)c1nc(-c2ccccc2)oc1C(F)(F)F. The minimum Gasteiger partial charge on any atom is -0.489 e. The molecule has 0 aliphatic carbocycles. The largest absolute Gasteiger partial charge is 0.489 e. The van der Waals surface area contributed by atoms with Gasteiger partial charge in [0.05, 0.1) is 0 Å². The van der Waals surface area contributed by atoms with Crippen LogP contribution in [0.4, 0.5) is 18.9 Å². The first-order chi connectivity index (χ1) is 14.9. The molecule has 0 saturated carbocycles. The highest BCUT2D eigenvalue weighted by atomic mass is 19.4. The van der Waals surface area contributed by atoms with Gasteiger partial charge >= 0.3 is 6.18 Å². The lowest BCUT2D eigenvalue weighted by Gasteiger charge is -2.24. The van der Waals surface area contributed by atoms with Gasteiger partial charge < -0.3 is 19.8 Å². The highest BCUT2D eigenvalue weighted by Crippen LogP contribution is 2.35. The van der Waals surface area contributed by atoms with Crippen molar-refractivity contribution in [2.24, 2.45) is 0 Å². The van der Waals surface area contributed by atoms with E-state index in [0.29, 0.717) is 17.0 Å². The Kier molecular flexibility index (Phi) is 5.94. The van der Waals surface area contributed by atoms with Crippen molar-refractivity contribution in [3.05, 3.63) is 66.1 Å². The summed E-state index contributed by atoms with van der Waals surface area (Å²) in [7, 11) is 0. The number of hydrogen-bond donors (Lipinski definition) is 2. The molecule has 1 aromatic heterocycles. The number of carbonyl (C=O) groups is 1. The van der Waals surface area contributed by atoms with E-state index >= 15 is 0 Å². The fourth-order valence-electron chi connectivity index (χ4n) is 3.29. The molecule has 0 bridgehead atoms. The number of piperidine rings is 1. The van der Waals surface area contributed by atoms with Crippen LogP contribution in [0, 0.1) is 0 Å². The van der Waals surface area contributed by atoms with Gasteiger partial charge in [-0.15, -0.1) is 0 Å². The third-order valence-corrected chi connectivity index (χ3v) is 4.79. The maximum Gasteiger partial charge on any atom is 0.452 e. The van der Waals surface area contributed by atoms with E-state index in [0.717, 1.165) is 25.9 Å². The van der Waals surface area contributed by atoms with E-state index in [1.807, 2.05) is 0 Å². The molecule has 0 radical (unpaired) electrons. The van der Waals surface area contributed by atoms with Crippen LogP contribution < -0.4 is 15.4 Å². The summed E-state index contributed by atoms with van der Waals surface area (Å²) in [6, 6.07) is 14.5. The van der Waals surface area contributed by atoms with Crippen LogP contribution in [0.25, 0.3) is 11.5 Å². The molecule has 1 unspecified atom stereocenters. The van der Waals surface area contributed by atoms with Crippen LogP contribution in [0.3, 0.4) is 0 Å². The summed E-state index contributed by atoms with van der Waals surface area (Å²) >= 11 is 0. The first kappa shape index (κ1) is 20.9. The van der Waals surface area contributed by atoms with Gasteiger partial charge in [0.2, 0.25) is 11.7 Å². The Labute approximate surface area is 176 Å². The summed E-state index contributed by atoms with van der Waals surface area (Å²) in [5, 5.41) is 5.69. The highest BCUT2D eigenvalue weighted by molar-refractivity contribution is 6.04. The molecule has 1 atom stereocenters. The summed E-state index contributed by atoms with van der Waals surface area (Å²) in [6.45, 7) is 1.73. The van der Waals surface area contributed by atoms with Crippen LogP contribution in [-0.4, -0.2) is 30.1 Å². The molecule has 4 rings (SSSR count). The number of anilines is 1. The van der Waals surface area contributed by atoms with E-state index < -0.39 is 23.5 Å². The molecule has 1 amide bonds. The molecule has 2 aromatic carbocycles. The van der Waals surface area contributed by atoms with Gasteiger partial charge in [0.1, 0.15) is 11.9 Å². The number of aromatic nitrogens is 1. The molecule has 162 valence electrons. The Morgan fingerprint density at radius 3 is 2.52 bits per heavy atom. The van der Waals surface area contributed by atoms with E-state index in [4.69, 9.17) is 9.15 Å². The van der Waals surface area contributed by atoms with Gasteiger partial charge in [-0.2, -0.15) is 13.2 Å². The molecule has 3 aromatic rings. The van der Waals surface area contributed by atoms with Gasteiger partial charge in [-0.3, -0.25) is 4.79 Å². The maximum atomic E-state index is 13.4. The average Bonchev–Trinajstić information content (AvgIpc) is 3.23. The molecular formula is C22H20F3N3O3. The molecule has 1 fully saturated rings. The summed E-state index contributed by atoms with van der Waals surface area (Å²) < 4.78 is 51.0. The van der Waals surface area contributed by atoms with Crippen LogP contribution in [0.2, 0.25) is 0 Å². The van der Waals surface area contributed by atoms with Gasteiger partial charge in [0.15, 0.2) is 5.69 Å². The number of oxazole rings is 1. The monoisotopic (exact) mass is 431 g/mol. The number of hydrogen-bond acceptors (Lipinski definition) is 5. The predicted molar refractivity (Wildman–Crippen MR) is 108 cm³/mol. The third kappa shape index (κ3) is 5.05. The van der Waals surface area contributed by atoms with E-state index in [1.165, 1.54) is 0 Å². The molecule has 31 heavy (non-hydrogen) atoms. The van der Waals surface area contributed by atoms with Crippen molar-refractivity contribution >= 4 is 11.6 Å². The first-order valence-electron chi connectivity index (χ1n) is 9.82. The number of alkyl halides is 3. The smallest absolute Gasteiger partial charge is 0.452 e. The summed E-state index contributed by atoms with van der Waals surface area (Å²) in [6.07, 6.45) is -2.82. The third-order valence-electron chi connectivity index (χ3n) is 4.79. The Balaban J connectivity index is 1.50. The van der Waals surface area contributed by atoms with Crippen LogP contribution in [0.15, 0.2) is 59.0 Å². The zero-order chi connectivity index (χ0) is 21.8. The van der Waals surface area contributed by atoms with Crippen LogP contribution in [0.1, 0.15) is 29.1 Å². The number of carbonyl (C=O) groups excluding carboxylic acids is 1. The Hall–Kier alpha value is -3.33. The zero-order valence-corrected chi connectivity index (χ0v) is 16.4. The quantitative estimate of drug-likeness (QED) is 0.610. The molecule has 0 spiro atoms. The minimum atomic E-state index is -4.86. The molecule has 1 aliphatic heterocycles. The Bertz CT molecular complexity index is 1030. The molecule has 2 N–H and O–H groups in total. The number of ether oxygens (including phenoxy) is 1. The number of benzene rings is 2. The van der Waals surface area contributed by atoms with Crippen LogP contribution in [-0.2, 0) is 6.18 Å². The standard InChI is InChI=1S/C22H20F3N3O3/c23-22(24,25)19-18(28-21(31-19)14-5-2-1-3-6-14)20(29)27-15-8-10-16(11-9-15)30-17-7-4-12-26-13-17/h1-3,5-6,8-11,17,26H,4,7,12-13H2,(H,27,29). The van der Waals surface area contributed by atoms with E-state index in [9.17, 15) is 18.0 Å². The van der Waals surface area contributed by atoms with Crippen molar-refractivity contribution in [2.45, 2.75) is 25.1 Å². The highest BCUT2D eigenvalue weighted by Gasteiger charge is 2.42. The van der Waals surface area contributed by atoms with Crippen LogP contribution >= 0.6 is 0 Å². The van der Waals surface area contributed by atoms with E-state index in [2.05, 4.69) is 15.6 Å². The number of nitrogens with zero attached hydrogens (tertiary/aromatic N) is 1. The summed E-state index contributed by atoms with van der Waals surface area (Å²) in [5.41, 5.74) is -0.165. The normalized spacial score (nSPS) is 16.7. The fourth-order valence-corrected chi connectivity index (χ4v) is 3.29. The number of nitrogens with one attached hydrogen (secondary N) is 2. The van der Waals surface area contributed by atoms with E-state index in [-0.39, 0.29) is 12.0 Å². The fraction of sp³-hybridized carbons (Fsp3) is 0.273. The second kappa shape index (κ2) is 8.81. The molecular weight excluding hydrogens is 411 g/mol. The lowest BCUT2D eigenvalue weighted by Crippen LogP contribution is -2.37. The predicted octanol–water partition coefficient (Wildman–Crippen LogP) is 4.74. The lowest BCUT2D eigenvalue weighted by atomic mass is 10.1. The Morgan fingerprint density at radius 1 is 1.13 bits per heavy atom. The maximum absolute atomic E-state index is 13.4. The number of amides is 1. The molecule has 2 heterocycles. The molecule has 6 nitrogen and oxygen atoms in total. The molecule has 9 heteroatoms. The summed E-state index contributed by atoms with van der Waals surface area (Å²) in [4.78, 5) is 16.4. The number of halogens is 3. The van der Waals surface area contributed by atoms with Gasteiger partial charge in [-0.05, 0) is 55.8 Å². The van der Waals surface area contributed by atoms with Gasteiger partial charge in [0.25, 0.3) is 5.91 Å². The van der Waals surface area contributed by atoms with Crippen molar-refractivity contribution < 1.29 is 27.1 Å². The van der Waals surface area contributed by atoms with Gasteiger partial charge in [-0.25, -0.2) is 4.98 Å². The first-order valence-corrected chi connectivity index (χ1v) is 9.82. The average molecular weight is 431 g/mol. The second-order valence-corrected chi connectivity index (χ2v) is 7.13. The lowest BCUT2D eigenvalue weighted by molar-refractivity contribution is -0.153. The van der Waals surface area contributed by atoms with Crippen molar-refractivity contribution in [1.82, 2.24) is 10.3 Å². The van der Waals surface area contributed by atoms with Crippen molar-refractivity contribution in [2.75, 3.05) is 18.4 Å². The molecule has 1 saturated heterocycles. The van der Waals surface area contributed by atoms with Crippen molar-refractivity contribution in [1.29, 1.82) is 0 Å². The zero-order valence-electron chi connectivity index (χ0n) is 16.4.